The maximum Gasteiger partial charge on any atom is 0.122 e. The van der Waals surface area contributed by atoms with E-state index in [-0.39, 0.29) is 6.04 Å². The van der Waals surface area contributed by atoms with Crippen LogP contribution in [0.5, 0.6) is 5.75 Å². The zero-order valence-electron chi connectivity index (χ0n) is 10.1. The summed E-state index contributed by atoms with van der Waals surface area (Å²) in [6.07, 6.45) is 2.10. The van der Waals surface area contributed by atoms with Gasteiger partial charge in [0.1, 0.15) is 12.4 Å². The van der Waals surface area contributed by atoms with Crippen LogP contribution in [-0.4, -0.2) is 32.1 Å². The van der Waals surface area contributed by atoms with Gasteiger partial charge < -0.3 is 15.4 Å². The molecule has 0 aromatic heterocycles. The predicted octanol–water partition coefficient (Wildman–Crippen LogP) is 1.57. The third-order valence-electron chi connectivity index (χ3n) is 3.07. The summed E-state index contributed by atoms with van der Waals surface area (Å²) in [4.78, 5) is 2.12. The third-order valence-corrected chi connectivity index (χ3v) is 3.07. The lowest BCUT2D eigenvalue weighted by molar-refractivity contribution is 0.259. The monoisotopic (exact) mass is 220 g/mol. The summed E-state index contributed by atoms with van der Waals surface area (Å²) in [5.41, 5.74) is 8.61. The molecule has 3 nitrogen and oxygen atoms in total. The summed E-state index contributed by atoms with van der Waals surface area (Å²) in [7, 11) is 4.10. The maximum atomic E-state index is 6.03. The zero-order chi connectivity index (χ0) is 11.5. The lowest BCUT2D eigenvalue weighted by Crippen LogP contribution is -2.19. The maximum absolute atomic E-state index is 6.03. The van der Waals surface area contributed by atoms with E-state index in [1.54, 1.807) is 0 Å². The van der Waals surface area contributed by atoms with Crippen LogP contribution in [0.15, 0.2) is 18.2 Å². The molecular formula is C13H20N2O. The molecule has 0 saturated carbocycles. The molecular weight excluding hydrogens is 200 g/mol. The highest BCUT2D eigenvalue weighted by atomic mass is 16.5. The lowest BCUT2D eigenvalue weighted by atomic mass is 10.1. The number of nitrogens with zero attached hydrogens (tertiary/aromatic N) is 1. The molecule has 88 valence electrons. The minimum atomic E-state index is 0.201. The second-order valence-electron chi connectivity index (χ2n) is 4.62. The van der Waals surface area contributed by atoms with E-state index in [1.165, 1.54) is 11.1 Å². The number of fused-ring (bicyclic) bond motifs is 1. The molecule has 0 aliphatic heterocycles. The Kier molecular flexibility index (Phi) is 3.46. The highest BCUT2D eigenvalue weighted by molar-refractivity contribution is 5.44. The minimum Gasteiger partial charge on any atom is -0.492 e. The molecule has 0 heterocycles. The van der Waals surface area contributed by atoms with E-state index in [1.807, 2.05) is 12.1 Å². The van der Waals surface area contributed by atoms with Gasteiger partial charge in [-0.3, -0.25) is 0 Å². The molecule has 0 amide bonds. The van der Waals surface area contributed by atoms with Crippen molar-refractivity contribution in [3.05, 3.63) is 29.3 Å². The summed E-state index contributed by atoms with van der Waals surface area (Å²) < 4.78 is 5.81. The topological polar surface area (TPSA) is 38.5 Å². The van der Waals surface area contributed by atoms with Gasteiger partial charge in [-0.05, 0) is 44.1 Å². The SMILES string of the molecule is CN(C)CCOc1cccc2c1CCC2N. The Labute approximate surface area is 97.2 Å². The third kappa shape index (κ3) is 2.36. The van der Waals surface area contributed by atoms with Gasteiger partial charge in [0.25, 0.3) is 0 Å². The van der Waals surface area contributed by atoms with E-state index in [4.69, 9.17) is 10.5 Å². The lowest BCUT2D eigenvalue weighted by Gasteiger charge is -2.14. The highest BCUT2D eigenvalue weighted by Gasteiger charge is 2.21. The van der Waals surface area contributed by atoms with Gasteiger partial charge >= 0.3 is 0 Å². The van der Waals surface area contributed by atoms with Gasteiger partial charge in [0.05, 0.1) is 0 Å². The molecule has 2 N–H and O–H groups in total. The summed E-state index contributed by atoms with van der Waals surface area (Å²) in [6, 6.07) is 6.40. The van der Waals surface area contributed by atoms with Crippen LogP contribution in [0.1, 0.15) is 23.6 Å². The predicted molar refractivity (Wildman–Crippen MR) is 65.7 cm³/mol. The summed E-state index contributed by atoms with van der Waals surface area (Å²) >= 11 is 0. The molecule has 2 rings (SSSR count). The Morgan fingerprint density at radius 3 is 3.00 bits per heavy atom. The molecule has 0 saturated heterocycles. The number of hydrogen-bond donors (Lipinski definition) is 1. The quantitative estimate of drug-likeness (QED) is 0.837. The van der Waals surface area contributed by atoms with Crippen molar-refractivity contribution in [3.8, 4) is 5.75 Å². The Morgan fingerprint density at radius 1 is 1.44 bits per heavy atom. The van der Waals surface area contributed by atoms with Crippen LogP contribution in [0, 0.1) is 0 Å². The Bertz CT molecular complexity index is 363. The molecule has 1 aromatic rings. The van der Waals surface area contributed by atoms with Crippen molar-refractivity contribution in [2.24, 2.45) is 5.73 Å². The molecule has 1 atom stereocenters. The van der Waals surface area contributed by atoms with Gasteiger partial charge in [0, 0.05) is 12.6 Å². The van der Waals surface area contributed by atoms with Gasteiger partial charge in [-0.2, -0.15) is 0 Å². The summed E-state index contributed by atoms with van der Waals surface area (Å²) in [5.74, 6) is 1.02. The van der Waals surface area contributed by atoms with Crippen molar-refractivity contribution < 1.29 is 4.74 Å². The van der Waals surface area contributed by atoms with Gasteiger partial charge in [0.2, 0.25) is 0 Å². The molecule has 16 heavy (non-hydrogen) atoms. The number of benzene rings is 1. The first kappa shape index (κ1) is 11.4. The Hall–Kier alpha value is -1.06. The Balaban J connectivity index is 2.05. The fourth-order valence-corrected chi connectivity index (χ4v) is 2.13. The van der Waals surface area contributed by atoms with Crippen LogP contribution >= 0.6 is 0 Å². The van der Waals surface area contributed by atoms with Crippen molar-refractivity contribution in [3.63, 3.8) is 0 Å². The van der Waals surface area contributed by atoms with Crippen LogP contribution in [0.2, 0.25) is 0 Å². The van der Waals surface area contributed by atoms with E-state index < -0.39 is 0 Å². The number of rotatable bonds is 4. The first-order valence-corrected chi connectivity index (χ1v) is 5.83. The van der Waals surface area contributed by atoms with E-state index >= 15 is 0 Å². The molecule has 1 unspecified atom stereocenters. The number of ether oxygens (including phenoxy) is 1. The number of nitrogens with two attached hydrogens (primary N) is 1. The molecule has 0 radical (unpaired) electrons. The molecule has 3 heteroatoms. The van der Waals surface area contributed by atoms with E-state index in [9.17, 15) is 0 Å². The Morgan fingerprint density at radius 2 is 2.25 bits per heavy atom. The van der Waals surface area contributed by atoms with Crippen molar-refractivity contribution in [1.82, 2.24) is 4.90 Å². The average Bonchev–Trinajstić information content (AvgIpc) is 2.61. The first-order valence-electron chi connectivity index (χ1n) is 5.83. The van der Waals surface area contributed by atoms with Gasteiger partial charge in [-0.1, -0.05) is 12.1 Å². The van der Waals surface area contributed by atoms with Gasteiger partial charge in [-0.25, -0.2) is 0 Å². The fourth-order valence-electron chi connectivity index (χ4n) is 2.13. The molecule has 0 spiro atoms. The molecule has 1 aromatic carbocycles. The van der Waals surface area contributed by atoms with Crippen LogP contribution < -0.4 is 10.5 Å². The molecule has 0 fully saturated rings. The van der Waals surface area contributed by atoms with E-state index in [0.717, 1.165) is 31.7 Å². The second kappa shape index (κ2) is 4.85. The van der Waals surface area contributed by atoms with Crippen molar-refractivity contribution in [1.29, 1.82) is 0 Å². The molecule has 1 aliphatic rings. The fraction of sp³-hybridized carbons (Fsp3) is 0.538. The largest absolute Gasteiger partial charge is 0.492 e. The summed E-state index contributed by atoms with van der Waals surface area (Å²) in [6.45, 7) is 1.68. The zero-order valence-corrected chi connectivity index (χ0v) is 10.1. The minimum absolute atomic E-state index is 0.201. The highest BCUT2D eigenvalue weighted by Crippen LogP contribution is 2.35. The first-order chi connectivity index (χ1) is 7.68. The van der Waals surface area contributed by atoms with E-state index in [2.05, 4.69) is 25.1 Å². The van der Waals surface area contributed by atoms with Crippen LogP contribution in [-0.2, 0) is 6.42 Å². The molecule has 1 aliphatic carbocycles. The summed E-state index contributed by atoms with van der Waals surface area (Å²) in [5, 5.41) is 0. The van der Waals surface area contributed by atoms with Crippen LogP contribution in [0.25, 0.3) is 0 Å². The van der Waals surface area contributed by atoms with Crippen molar-refractivity contribution in [2.75, 3.05) is 27.2 Å². The van der Waals surface area contributed by atoms with Crippen molar-refractivity contribution in [2.45, 2.75) is 18.9 Å². The van der Waals surface area contributed by atoms with Crippen LogP contribution in [0.3, 0.4) is 0 Å². The normalized spacial score (nSPS) is 18.9. The van der Waals surface area contributed by atoms with Crippen molar-refractivity contribution >= 4 is 0 Å². The smallest absolute Gasteiger partial charge is 0.122 e. The van der Waals surface area contributed by atoms with Gasteiger partial charge in [-0.15, -0.1) is 0 Å². The second-order valence-corrected chi connectivity index (χ2v) is 4.62. The average molecular weight is 220 g/mol. The van der Waals surface area contributed by atoms with Crippen LogP contribution in [0.4, 0.5) is 0 Å². The van der Waals surface area contributed by atoms with Gasteiger partial charge in [0.15, 0.2) is 0 Å². The number of likely N-dealkylation sites (N-methyl/N-ethyl adjacent to an activating group) is 1. The number of hydrogen-bond acceptors (Lipinski definition) is 3. The van der Waals surface area contributed by atoms with E-state index in [0.29, 0.717) is 0 Å². The standard InChI is InChI=1S/C13H20N2O/c1-15(2)8-9-16-13-5-3-4-10-11(13)6-7-12(10)14/h3-5,12H,6-9,14H2,1-2H3. The molecule has 0 bridgehead atoms.